The van der Waals surface area contributed by atoms with Crippen LogP contribution in [0.5, 0.6) is 0 Å². The Morgan fingerprint density at radius 2 is 1.68 bits per heavy atom. The highest BCUT2D eigenvalue weighted by atomic mass is 16.2. The molecule has 0 aliphatic carbocycles. The topological polar surface area (TPSA) is 69.3 Å². The molecule has 1 aliphatic heterocycles. The Bertz CT molecular complexity index is 1280. The summed E-state index contributed by atoms with van der Waals surface area (Å²) >= 11 is 0. The van der Waals surface area contributed by atoms with Crippen molar-refractivity contribution in [3.05, 3.63) is 93.8 Å². The van der Waals surface area contributed by atoms with Crippen molar-refractivity contribution in [2.75, 3.05) is 13.1 Å². The Balaban J connectivity index is 1.52. The van der Waals surface area contributed by atoms with Gasteiger partial charge in [0.25, 0.3) is 5.91 Å². The number of amides is 1. The maximum absolute atomic E-state index is 13.5. The van der Waals surface area contributed by atoms with Gasteiger partial charge in [0.2, 0.25) is 0 Å². The molecule has 1 amide bonds. The van der Waals surface area contributed by atoms with Gasteiger partial charge in [-0.3, -0.25) is 14.8 Å². The smallest absolute Gasteiger partial charge is 0.254 e. The predicted molar refractivity (Wildman–Crippen MR) is 136 cm³/mol. The molecule has 2 heterocycles. The van der Waals surface area contributed by atoms with Gasteiger partial charge < -0.3 is 4.90 Å². The molecule has 0 unspecified atom stereocenters. The number of rotatable bonds is 4. The molecule has 0 radical (unpaired) electrons. The summed E-state index contributed by atoms with van der Waals surface area (Å²) in [5, 5.41) is 9.02. The maximum Gasteiger partial charge on any atom is 0.254 e. The number of carbonyl (C=O) groups excluding carboxylic acids is 1. The molecule has 3 aromatic rings. The van der Waals surface area contributed by atoms with E-state index in [1.807, 2.05) is 68.3 Å². The van der Waals surface area contributed by atoms with Gasteiger partial charge in [-0.05, 0) is 98.5 Å². The summed E-state index contributed by atoms with van der Waals surface area (Å²) < 4.78 is 0. The Kier molecular flexibility index (Phi) is 6.88. The second-order valence-corrected chi connectivity index (χ2v) is 9.14. The molecule has 2 aromatic carbocycles. The van der Waals surface area contributed by atoms with Gasteiger partial charge in [-0.1, -0.05) is 18.2 Å². The highest BCUT2D eigenvalue weighted by Gasteiger charge is 2.26. The molecule has 5 heteroatoms. The van der Waals surface area contributed by atoms with E-state index in [0.29, 0.717) is 11.5 Å². The zero-order valence-corrected chi connectivity index (χ0v) is 20.3. The third-order valence-corrected chi connectivity index (χ3v) is 6.76. The average molecular weight is 451 g/mol. The van der Waals surface area contributed by atoms with E-state index in [0.717, 1.165) is 65.1 Å². The summed E-state index contributed by atoms with van der Waals surface area (Å²) in [6.45, 7) is 9.53. The van der Waals surface area contributed by atoms with Crippen molar-refractivity contribution < 1.29 is 4.79 Å². The molecule has 34 heavy (non-hydrogen) atoms. The fourth-order valence-corrected chi connectivity index (χ4v) is 4.72. The third kappa shape index (κ3) is 4.92. The Morgan fingerprint density at radius 3 is 2.32 bits per heavy atom. The molecule has 0 atom stereocenters. The first-order chi connectivity index (χ1) is 16.4. The molecule has 1 aliphatic rings. The number of likely N-dealkylation sites (tertiary alicyclic amines) is 1. The summed E-state index contributed by atoms with van der Waals surface area (Å²) in [5.41, 5.74) is 8.59. The van der Waals surface area contributed by atoms with Crippen LogP contribution in [0.3, 0.4) is 0 Å². The number of pyridine rings is 1. The fourth-order valence-electron chi connectivity index (χ4n) is 4.72. The van der Waals surface area contributed by atoms with Crippen LogP contribution in [0.25, 0.3) is 0 Å². The minimum Gasteiger partial charge on any atom is -0.339 e. The first-order valence-corrected chi connectivity index (χ1v) is 11.7. The van der Waals surface area contributed by atoms with Crippen molar-refractivity contribution in [1.29, 1.82) is 5.26 Å². The van der Waals surface area contributed by atoms with Gasteiger partial charge in [-0.25, -0.2) is 0 Å². The number of hydrogen-bond acceptors (Lipinski definition) is 4. The predicted octanol–water partition coefficient (Wildman–Crippen LogP) is 6.04. The van der Waals surface area contributed by atoms with Gasteiger partial charge in [0.05, 0.1) is 17.3 Å². The summed E-state index contributed by atoms with van der Waals surface area (Å²) in [6, 6.07) is 16.0. The SMILES string of the molecule is CC(=Nc1ccncc1C)c1cc(C(=O)N2CCC(c3ccc(C#N)cc3)CC2)c(C)cc1C. The van der Waals surface area contributed by atoms with Crippen molar-refractivity contribution in [3.8, 4) is 6.07 Å². The first kappa shape index (κ1) is 23.4. The fraction of sp³-hybridized carbons (Fsp3) is 0.310. The van der Waals surface area contributed by atoms with E-state index >= 15 is 0 Å². The van der Waals surface area contributed by atoms with E-state index in [1.54, 1.807) is 6.20 Å². The lowest BCUT2D eigenvalue weighted by Crippen LogP contribution is -2.38. The second kappa shape index (κ2) is 10.0. The van der Waals surface area contributed by atoms with Crippen LogP contribution >= 0.6 is 0 Å². The van der Waals surface area contributed by atoms with E-state index in [2.05, 4.69) is 24.0 Å². The van der Waals surface area contributed by atoms with Crippen LogP contribution in [0.4, 0.5) is 5.69 Å². The van der Waals surface area contributed by atoms with Crippen LogP contribution in [-0.4, -0.2) is 34.6 Å². The molecule has 0 spiro atoms. The van der Waals surface area contributed by atoms with Crippen molar-refractivity contribution in [3.63, 3.8) is 0 Å². The van der Waals surface area contributed by atoms with Crippen molar-refractivity contribution in [2.24, 2.45) is 4.99 Å². The first-order valence-electron chi connectivity index (χ1n) is 11.7. The van der Waals surface area contributed by atoms with Crippen molar-refractivity contribution >= 4 is 17.3 Å². The van der Waals surface area contributed by atoms with Gasteiger partial charge in [0, 0.05) is 36.8 Å². The zero-order chi connectivity index (χ0) is 24.2. The van der Waals surface area contributed by atoms with Gasteiger partial charge >= 0.3 is 0 Å². The van der Waals surface area contributed by atoms with E-state index in [9.17, 15) is 4.79 Å². The standard InChI is InChI=1S/C29H30N4O/c1-19-15-20(2)27(16-26(19)22(4)32-28-9-12-31-18-21(28)3)29(34)33-13-10-25(11-14-33)24-7-5-23(17-30)6-8-24/h5-9,12,15-16,18,25H,10-11,13-14H2,1-4H3. The summed E-state index contributed by atoms with van der Waals surface area (Å²) in [7, 11) is 0. The number of piperidine rings is 1. The van der Waals surface area contributed by atoms with Crippen LogP contribution in [0.1, 0.15) is 69.4 Å². The zero-order valence-electron chi connectivity index (χ0n) is 20.3. The highest BCUT2D eigenvalue weighted by Crippen LogP contribution is 2.30. The van der Waals surface area contributed by atoms with Gasteiger partial charge in [0.15, 0.2) is 0 Å². The monoisotopic (exact) mass is 450 g/mol. The molecule has 172 valence electrons. The summed E-state index contributed by atoms with van der Waals surface area (Å²) in [4.78, 5) is 24.4. The molecule has 1 aromatic heterocycles. The van der Waals surface area contributed by atoms with Gasteiger partial charge in [-0.2, -0.15) is 5.26 Å². The minimum absolute atomic E-state index is 0.0879. The third-order valence-electron chi connectivity index (χ3n) is 6.76. The van der Waals surface area contributed by atoms with Gasteiger partial charge in [-0.15, -0.1) is 0 Å². The Labute approximate surface area is 201 Å². The van der Waals surface area contributed by atoms with Gasteiger partial charge in [0.1, 0.15) is 0 Å². The normalized spacial score (nSPS) is 14.7. The minimum atomic E-state index is 0.0879. The lowest BCUT2D eigenvalue weighted by atomic mass is 9.88. The molecule has 5 nitrogen and oxygen atoms in total. The number of nitriles is 1. The van der Waals surface area contributed by atoms with Crippen LogP contribution in [0, 0.1) is 32.1 Å². The maximum atomic E-state index is 13.5. The largest absolute Gasteiger partial charge is 0.339 e. The molecule has 4 rings (SSSR count). The molecular weight excluding hydrogens is 420 g/mol. The average Bonchev–Trinajstić information content (AvgIpc) is 2.85. The molecule has 0 N–H and O–H groups in total. The summed E-state index contributed by atoms with van der Waals surface area (Å²) in [6.07, 6.45) is 5.41. The number of benzene rings is 2. The lowest BCUT2D eigenvalue weighted by Gasteiger charge is -2.33. The highest BCUT2D eigenvalue weighted by molar-refractivity contribution is 6.05. The molecule has 1 saturated heterocycles. The van der Waals surface area contributed by atoms with Crippen LogP contribution in [0.15, 0.2) is 59.9 Å². The van der Waals surface area contributed by atoms with Crippen molar-refractivity contribution in [1.82, 2.24) is 9.88 Å². The Hall–Kier alpha value is -3.78. The van der Waals surface area contributed by atoms with E-state index in [4.69, 9.17) is 10.3 Å². The molecule has 0 bridgehead atoms. The Morgan fingerprint density at radius 1 is 1.00 bits per heavy atom. The quantitative estimate of drug-likeness (QED) is 0.455. The number of aliphatic imine (C=N–C) groups is 1. The van der Waals surface area contributed by atoms with E-state index in [1.165, 1.54) is 5.56 Å². The number of hydrogen-bond donors (Lipinski definition) is 0. The number of carbonyl (C=O) groups is 1. The van der Waals surface area contributed by atoms with Crippen molar-refractivity contribution in [2.45, 2.75) is 46.5 Å². The lowest BCUT2D eigenvalue weighted by molar-refractivity contribution is 0.0712. The summed E-state index contributed by atoms with van der Waals surface area (Å²) in [5.74, 6) is 0.509. The molecule has 0 saturated carbocycles. The van der Waals surface area contributed by atoms with Crippen LogP contribution in [-0.2, 0) is 0 Å². The number of nitrogens with zero attached hydrogens (tertiary/aromatic N) is 4. The number of aryl methyl sites for hydroxylation is 3. The van der Waals surface area contributed by atoms with E-state index < -0.39 is 0 Å². The number of aromatic nitrogens is 1. The van der Waals surface area contributed by atoms with E-state index in [-0.39, 0.29) is 5.91 Å². The second-order valence-electron chi connectivity index (χ2n) is 9.14. The molecule has 1 fully saturated rings. The van der Waals surface area contributed by atoms with Crippen LogP contribution in [0.2, 0.25) is 0 Å². The molecular formula is C29H30N4O. The van der Waals surface area contributed by atoms with Crippen LogP contribution < -0.4 is 0 Å².